The number of hydrogen-bond donors (Lipinski definition) is 0. The van der Waals surface area contributed by atoms with E-state index < -0.39 is 0 Å². The van der Waals surface area contributed by atoms with Crippen molar-refractivity contribution in [3.63, 3.8) is 0 Å². The second-order valence-corrected chi connectivity index (χ2v) is 7.86. The number of ether oxygens (including phenoxy) is 1. The van der Waals surface area contributed by atoms with Gasteiger partial charge in [-0.25, -0.2) is 4.79 Å². The van der Waals surface area contributed by atoms with Crippen molar-refractivity contribution in [1.82, 2.24) is 0 Å². The molecule has 0 aromatic rings. The number of hydrogen-bond acceptors (Lipinski definition) is 2. The summed E-state index contributed by atoms with van der Waals surface area (Å²) in [5.41, 5.74) is 0.494. The minimum absolute atomic E-state index is 0.225. The fraction of sp³-hybridized carbons (Fsp3) is 0.812. The summed E-state index contributed by atoms with van der Waals surface area (Å²) in [6.45, 7) is 10.4. The Morgan fingerprint density at radius 3 is 2.00 bits per heavy atom. The summed E-state index contributed by atoms with van der Waals surface area (Å²) in [7, 11) is 0.225. The van der Waals surface area contributed by atoms with E-state index in [0.29, 0.717) is 12.2 Å². The predicted octanol–water partition coefficient (Wildman–Crippen LogP) is 4.97. The first kappa shape index (κ1) is 18.6. The molecule has 0 atom stereocenters. The molecule has 0 radical (unpaired) electrons. The van der Waals surface area contributed by atoms with E-state index in [1.807, 2.05) is 0 Å². The zero-order valence-corrected chi connectivity index (χ0v) is 13.9. The van der Waals surface area contributed by atoms with E-state index in [4.69, 9.17) is 4.74 Å². The Labute approximate surface area is 120 Å². The molecule has 0 N–H and O–H groups in total. The molecule has 0 aromatic carbocycles. The van der Waals surface area contributed by atoms with Crippen LogP contribution >= 0.6 is 7.92 Å². The highest BCUT2D eigenvalue weighted by atomic mass is 31.1. The number of rotatable bonds is 12. The average Bonchev–Trinajstić information content (AvgIpc) is 2.40. The lowest BCUT2D eigenvalue weighted by Gasteiger charge is -2.17. The van der Waals surface area contributed by atoms with E-state index in [-0.39, 0.29) is 13.9 Å². The van der Waals surface area contributed by atoms with E-state index in [1.165, 1.54) is 50.6 Å². The fourth-order valence-electron chi connectivity index (χ4n) is 1.82. The van der Waals surface area contributed by atoms with Gasteiger partial charge in [-0.3, -0.25) is 0 Å². The molecule has 0 amide bonds. The molecule has 0 aliphatic carbocycles. The molecule has 112 valence electrons. The molecule has 0 rings (SSSR count). The van der Waals surface area contributed by atoms with Crippen LogP contribution in [0.1, 0.15) is 59.3 Å². The molecular weight excluding hydrogens is 255 g/mol. The Kier molecular flexibility index (Phi) is 12.4. The van der Waals surface area contributed by atoms with Gasteiger partial charge in [0.15, 0.2) is 0 Å². The summed E-state index contributed by atoms with van der Waals surface area (Å²) in [4.78, 5) is 11.2. The van der Waals surface area contributed by atoms with Crippen LogP contribution in [0.4, 0.5) is 0 Å². The first-order valence-corrected chi connectivity index (χ1v) is 9.56. The van der Waals surface area contributed by atoms with Crippen molar-refractivity contribution in [3.8, 4) is 0 Å². The maximum Gasteiger partial charge on any atom is 0.333 e. The molecule has 2 nitrogen and oxygen atoms in total. The van der Waals surface area contributed by atoms with Crippen LogP contribution in [0, 0.1) is 0 Å². The van der Waals surface area contributed by atoms with E-state index in [0.717, 1.165) is 6.42 Å². The minimum Gasteiger partial charge on any atom is -0.462 e. The number of unbranched alkanes of at least 4 members (excludes halogenated alkanes) is 3. The zero-order chi connectivity index (χ0) is 14.5. The Morgan fingerprint density at radius 1 is 1.00 bits per heavy atom. The third-order valence-corrected chi connectivity index (χ3v) is 5.95. The molecule has 0 saturated carbocycles. The highest BCUT2D eigenvalue weighted by Gasteiger charge is 2.07. The first-order chi connectivity index (χ1) is 9.11. The largest absolute Gasteiger partial charge is 0.462 e. The molecule has 19 heavy (non-hydrogen) atoms. The monoisotopic (exact) mass is 286 g/mol. The van der Waals surface area contributed by atoms with Crippen molar-refractivity contribution in [2.45, 2.75) is 59.3 Å². The minimum atomic E-state index is -0.251. The summed E-state index contributed by atoms with van der Waals surface area (Å²) in [5, 5.41) is 0. The van der Waals surface area contributed by atoms with Gasteiger partial charge in [-0.15, -0.1) is 7.92 Å². The number of carbonyl (C=O) groups is 1. The van der Waals surface area contributed by atoms with Gasteiger partial charge < -0.3 is 4.74 Å². The molecule has 0 bridgehead atoms. The summed E-state index contributed by atoms with van der Waals surface area (Å²) in [6, 6.07) is 0. The Hall–Kier alpha value is -0.360. The zero-order valence-electron chi connectivity index (χ0n) is 13.0. The van der Waals surface area contributed by atoms with E-state index in [1.54, 1.807) is 6.92 Å². The second kappa shape index (κ2) is 12.7. The maximum absolute atomic E-state index is 11.2. The van der Waals surface area contributed by atoms with Gasteiger partial charge in [0, 0.05) is 5.57 Å². The van der Waals surface area contributed by atoms with Gasteiger partial charge in [0.2, 0.25) is 0 Å². The van der Waals surface area contributed by atoms with Gasteiger partial charge in [0.1, 0.15) is 0 Å². The highest BCUT2D eigenvalue weighted by molar-refractivity contribution is 7.57. The summed E-state index contributed by atoms with van der Waals surface area (Å²) >= 11 is 0. The van der Waals surface area contributed by atoms with Crippen LogP contribution in [-0.4, -0.2) is 31.1 Å². The third-order valence-electron chi connectivity index (χ3n) is 3.11. The lowest BCUT2D eigenvalue weighted by Crippen LogP contribution is -2.06. The van der Waals surface area contributed by atoms with Gasteiger partial charge >= 0.3 is 5.97 Å². The van der Waals surface area contributed by atoms with Crippen molar-refractivity contribution in [3.05, 3.63) is 12.2 Å². The average molecular weight is 286 g/mol. The van der Waals surface area contributed by atoms with Crippen LogP contribution < -0.4 is 0 Å². The summed E-state index contributed by atoms with van der Waals surface area (Å²) < 4.78 is 5.12. The summed E-state index contributed by atoms with van der Waals surface area (Å²) in [5.74, 6) is -0.251. The van der Waals surface area contributed by atoms with Crippen molar-refractivity contribution in [1.29, 1.82) is 0 Å². The van der Waals surface area contributed by atoms with Crippen molar-refractivity contribution < 1.29 is 9.53 Å². The van der Waals surface area contributed by atoms with Crippen molar-refractivity contribution >= 4 is 13.9 Å². The van der Waals surface area contributed by atoms with E-state index in [9.17, 15) is 4.79 Å². The van der Waals surface area contributed by atoms with Gasteiger partial charge in [-0.2, -0.15) is 0 Å². The van der Waals surface area contributed by atoms with Gasteiger partial charge in [0.25, 0.3) is 0 Å². The molecule has 0 aliphatic rings. The lowest BCUT2D eigenvalue weighted by atomic mass is 10.3. The lowest BCUT2D eigenvalue weighted by molar-refractivity contribution is -0.139. The van der Waals surface area contributed by atoms with E-state index in [2.05, 4.69) is 20.4 Å². The normalized spacial score (nSPS) is 10.7. The molecule has 3 heteroatoms. The van der Waals surface area contributed by atoms with E-state index >= 15 is 0 Å². The van der Waals surface area contributed by atoms with Crippen LogP contribution in [-0.2, 0) is 9.53 Å². The van der Waals surface area contributed by atoms with Crippen molar-refractivity contribution in [2.24, 2.45) is 0 Å². The second-order valence-electron chi connectivity index (χ2n) is 5.17. The third kappa shape index (κ3) is 11.2. The quantitative estimate of drug-likeness (QED) is 0.219. The molecule has 0 spiro atoms. The Balaban J connectivity index is 3.67. The molecular formula is C16H31O2P. The summed E-state index contributed by atoms with van der Waals surface area (Å²) in [6.07, 6.45) is 11.8. The Morgan fingerprint density at radius 2 is 1.53 bits per heavy atom. The standard InChI is InChI=1S/C16H31O2P/c1-5-7-12-19(13-8-6-2)14-10-9-11-18-16(17)15(3)4/h3,5-14H2,1-2,4H3. The van der Waals surface area contributed by atoms with Crippen LogP contribution in [0.2, 0.25) is 0 Å². The van der Waals surface area contributed by atoms with Crippen molar-refractivity contribution in [2.75, 3.05) is 25.1 Å². The first-order valence-electron chi connectivity index (χ1n) is 7.66. The number of esters is 1. The van der Waals surface area contributed by atoms with Gasteiger partial charge in [-0.1, -0.05) is 33.3 Å². The maximum atomic E-state index is 11.2. The van der Waals surface area contributed by atoms with Crippen LogP contribution in [0.5, 0.6) is 0 Å². The molecule has 0 unspecified atom stereocenters. The fourth-order valence-corrected chi connectivity index (χ4v) is 4.69. The smallest absolute Gasteiger partial charge is 0.333 e. The molecule has 0 heterocycles. The molecule has 0 aromatic heterocycles. The van der Waals surface area contributed by atoms with Gasteiger partial charge in [-0.05, 0) is 51.1 Å². The van der Waals surface area contributed by atoms with Gasteiger partial charge in [0.05, 0.1) is 6.61 Å². The predicted molar refractivity (Wildman–Crippen MR) is 86.3 cm³/mol. The molecule has 0 fully saturated rings. The molecule has 0 aliphatic heterocycles. The topological polar surface area (TPSA) is 26.3 Å². The SMILES string of the molecule is C=C(C)C(=O)OCCCCP(CCCC)CCCC. The van der Waals surface area contributed by atoms with Crippen LogP contribution in [0.15, 0.2) is 12.2 Å². The molecule has 0 saturated heterocycles. The van der Waals surface area contributed by atoms with Crippen LogP contribution in [0.25, 0.3) is 0 Å². The number of carbonyl (C=O) groups excluding carboxylic acids is 1. The Bertz CT molecular complexity index is 243. The van der Waals surface area contributed by atoms with Crippen LogP contribution in [0.3, 0.4) is 0 Å². The highest BCUT2D eigenvalue weighted by Crippen LogP contribution is 2.38.